The molecule has 17 heavy (non-hydrogen) atoms. The molecule has 0 saturated heterocycles. The molecule has 8 heteroatoms. The Bertz CT molecular complexity index is 470. The van der Waals surface area contributed by atoms with Gasteiger partial charge in [0.1, 0.15) is 0 Å². The molecule has 1 atom stereocenters. The maximum absolute atomic E-state index is 12.3. The Morgan fingerprint density at radius 2 is 1.94 bits per heavy atom. The summed E-state index contributed by atoms with van der Waals surface area (Å²) in [6, 6.07) is 4.66. The zero-order valence-electron chi connectivity index (χ0n) is 8.32. The number of nitrogens with one attached hydrogen (secondary N) is 1. The van der Waals surface area contributed by atoms with Crippen molar-refractivity contribution in [3.63, 3.8) is 0 Å². The smallest absolute Gasteiger partial charge is 0.269 e. The van der Waals surface area contributed by atoms with E-state index in [1.807, 2.05) is 0 Å². The van der Waals surface area contributed by atoms with E-state index in [2.05, 4.69) is 14.2 Å². The predicted octanol–water partition coefficient (Wildman–Crippen LogP) is 1.76. The van der Waals surface area contributed by atoms with E-state index in [4.69, 9.17) is 0 Å². The lowest BCUT2D eigenvalue weighted by molar-refractivity contribution is -0.137. The lowest BCUT2D eigenvalue weighted by atomic mass is 10.1. The van der Waals surface area contributed by atoms with Crippen LogP contribution in [0.2, 0.25) is 0 Å². The van der Waals surface area contributed by atoms with E-state index in [0.29, 0.717) is 11.4 Å². The van der Waals surface area contributed by atoms with Crippen LogP contribution in [0.25, 0.3) is 0 Å². The van der Waals surface area contributed by atoms with E-state index in [-0.39, 0.29) is 6.42 Å². The zero-order valence-corrected chi connectivity index (χ0v) is 9.14. The molecule has 1 aromatic carbocycles. The summed E-state index contributed by atoms with van der Waals surface area (Å²) in [6.45, 7) is 0. The van der Waals surface area contributed by atoms with Gasteiger partial charge in [0.15, 0.2) is 5.84 Å². The molecule has 0 amide bonds. The van der Waals surface area contributed by atoms with Gasteiger partial charge in [-0.05, 0) is 17.7 Å². The molecule has 0 aromatic heterocycles. The summed E-state index contributed by atoms with van der Waals surface area (Å²) in [6.07, 6.45) is -4.10. The highest BCUT2D eigenvalue weighted by atomic mass is 32.2. The minimum atomic E-state index is -4.34. The van der Waals surface area contributed by atoms with Gasteiger partial charge in [-0.2, -0.15) is 17.4 Å². The van der Waals surface area contributed by atoms with Gasteiger partial charge in [-0.25, -0.2) is 0 Å². The lowest BCUT2D eigenvalue weighted by Crippen LogP contribution is -2.21. The van der Waals surface area contributed by atoms with E-state index in [1.54, 1.807) is 0 Å². The Morgan fingerprint density at radius 3 is 2.41 bits per heavy atom. The van der Waals surface area contributed by atoms with Crippen molar-refractivity contribution in [2.24, 2.45) is 5.16 Å². The maximum atomic E-state index is 12.3. The number of halogens is 3. The van der Waals surface area contributed by atoms with Crippen LogP contribution in [0, 0.1) is 0 Å². The summed E-state index contributed by atoms with van der Waals surface area (Å²) in [5.74, 6) is 0.322. The third kappa shape index (κ3) is 2.96. The Labute approximate surface area is 97.2 Å². The average molecular weight is 264 g/mol. The van der Waals surface area contributed by atoms with E-state index >= 15 is 0 Å². The van der Waals surface area contributed by atoms with Crippen LogP contribution in [-0.2, 0) is 28.1 Å². The number of hydrogen-bond acceptors (Lipinski definition) is 3. The van der Waals surface area contributed by atoms with E-state index in [0.717, 1.165) is 12.1 Å². The molecule has 1 unspecified atom stereocenters. The van der Waals surface area contributed by atoms with Gasteiger partial charge < -0.3 is 0 Å². The first kappa shape index (κ1) is 11.9. The number of benzene rings is 1. The van der Waals surface area contributed by atoms with Crippen LogP contribution in [-0.4, -0.2) is 10.0 Å². The molecule has 1 aromatic rings. The standard InChI is InChI=1S/C9H7F3N2O2S/c10-9(11,12)7-3-1-6(2-4-7)5-8-13-16-17(15)14-8/h1-4H,5H2,(H,13,14). The van der Waals surface area contributed by atoms with E-state index in [9.17, 15) is 17.4 Å². The topological polar surface area (TPSA) is 50.7 Å². The van der Waals surface area contributed by atoms with Crippen molar-refractivity contribution in [3.05, 3.63) is 35.4 Å². The summed E-state index contributed by atoms with van der Waals surface area (Å²) in [7, 11) is 0. The molecule has 0 fully saturated rings. The van der Waals surface area contributed by atoms with Gasteiger partial charge in [0, 0.05) is 6.42 Å². The molecule has 92 valence electrons. The minimum absolute atomic E-state index is 0.240. The Morgan fingerprint density at radius 1 is 1.29 bits per heavy atom. The lowest BCUT2D eigenvalue weighted by Gasteiger charge is -2.07. The van der Waals surface area contributed by atoms with Crippen molar-refractivity contribution < 1.29 is 21.7 Å². The van der Waals surface area contributed by atoms with Crippen LogP contribution in [0.15, 0.2) is 29.4 Å². The van der Waals surface area contributed by atoms with Gasteiger partial charge in [0.05, 0.1) is 5.56 Å². The Kier molecular flexibility index (Phi) is 3.05. The Hall–Kier alpha value is -1.57. The molecule has 0 saturated carbocycles. The van der Waals surface area contributed by atoms with Crippen molar-refractivity contribution in [2.75, 3.05) is 0 Å². The van der Waals surface area contributed by atoms with Crippen LogP contribution in [0.4, 0.5) is 13.2 Å². The first-order chi connectivity index (χ1) is 7.95. The molecule has 1 aliphatic rings. The molecule has 1 heterocycles. The predicted molar refractivity (Wildman–Crippen MR) is 54.9 cm³/mol. The third-order valence-corrected chi connectivity index (χ3v) is 2.68. The fourth-order valence-corrected chi connectivity index (χ4v) is 1.78. The summed E-state index contributed by atoms with van der Waals surface area (Å²) >= 11 is -1.68. The van der Waals surface area contributed by atoms with Crippen LogP contribution in [0.3, 0.4) is 0 Å². The highest BCUT2D eigenvalue weighted by molar-refractivity contribution is 7.79. The zero-order chi connectivity index (χ0) is 12.5. The molecule has 1 N–H and O–H groups in total. The van der Waals surface area contributed by atoms with Crippen LogP contribution in [0.5, 0.6) is 0 Å². The average Bonchev–Trinajstić information content (AvgIpc) is 2.63. The summed E-state index contributed by atoms with van der Waals surface area (Å²) < 4.78 is 54.4. The number of rotatable bonds is 2. The maximum Gasteiger partial charge on any atom is 0.416 e. The van der Waals surface area contributed by atoms with Crippen molar-refractivity contribution in [2.45, 2.75) is 12.6 Å². The molecule has 0 bridgehead atoms. The second-order valence-corrected chi connectivity index (χ2v) is 4.14. The van der Waals surface area contributed by atoms with Gasteiger partial charge in [-0.1, -0.05) is 17.3 Å². The van der Waals surface area contributed by atoms with Crippen molar-refractivity contribution in [1.29, 1.82) is 0 Å². The van der Waals surface area contributed by atoms with Crippen LogP contribution in [0.1, 0.15) is 11.1 Å². The van der Waals surface area contributed by atoms with Crippen molar-refractivity contribution >= 4 is 17.1 Å². The minimum Gasteiger partial charge on any atom is -0.269 e. The molecule has 2 rings (SSSR count). The monoisotopic (exact) mass is 264 g/mol. The van der Waals surface area contributed by atoms with Crippen molar-refractivity contribution in [3.8, 4) is 0 Å². The highest BCUT2D eigenvalue weighted by Crippen LogP contribution is 2.29. The summed E-state index contributed by atoms with van der Waals surface area (Å²) in [5, 5.41) is 3.47. The number of oxime groups is 1. The molecule has 0 aliphatic carbocycles. The highest BCUT2D eigenvalue weighted by Gasteiger charge is 2.30. The second-order valence-electron chi connectivity index (χ2n) is 3.32. The number of amidine groups is 1. The summed E-state index contributed by atoms with van der Waals surface area (Å²) in [4.78, 5) is 0. The molecule has 4 nitrogen and oxygen atoms in total. The molecule has 1 aliphatic heterocycles. The molecule has 0 radical (unpaired) electrons. The number of nitrogens with zero attached hydrogens (tertiary/aromatic N) is 1. The van der Waals surface area contributed by atoms with Gasteiger partial charge in [-0.15, -0.1) is 0 Å². The van der Waals surface area contributed by atoms with Gasteiger partial charge in [0.25, 0.3) is 0 Å². The summed E-state index contributed by atoms with van der Waals surface area (Å²) in [5.41, 5.74) is -0.0888. The molecular weight excluding hydrogens is 257 g/mol. The third-order valence-electron chi connectivity index (χ3n) is 2.07. The first-order valence-corrected chi connectivity index (χ1v) is 5.61. The van der Waals surface area contributed by atoms with Gasteiger partial charge in [0.2, 0.25) is 0 Å². The fraction of sp³-hybridized carbons (Fsp3) is 0.222. The largest absolute Gasteiger partial charge is 0.416 e. The van der Waals surface area contributed by atoms with E-state index in [1.165, 1.54) is 12.1 Å². The quantitative estimate of drug-likeness (QED) is 0.884. The number of hydrogen-bond donors (Lipinski definition) is 1. The van der Waals surface area contributed by atoms with Gasteiger partial charge >= 0.3 is 17.4 Å². The van der Waals surface area contributed by atoms with Crippen molar-refractivity contribution in [1.82, 2.24) is 4.72 Å². The molecule has 0 spiro atoms. The van der Waals surface area contributed by atoms with Crippen LogP contribution < -0.4 is 4.72 Å². The second kappa shape index (κ2) is 4.36. The number of alkyl halides is 3. The van der Waals surface area contributed by atoms with E-state index < -0.39 is 23.0 Å². The SMILES string of the molecule is O=S1NC(Cc2ccc(C(F)(F)F)cc2)=NO1. The van der Waals surface area contributed by atoms with Crippen LogP contribution >= 0.6 is 0 Å². The Balaban J connectivity index is 2.06. The molecular formula is C9H7F3N2O2S. The first-order valence-electron chi connectivity index (χ1n) is 4.54. The normalized spacial score (nSPS) is 19.5. The van der Waals surface area contributed by atoms with Gasteiger partial charge in [-0.3, -0.25) is 9.01 Å². The fourth-order valence-electron chi connectivity index (χ4n) is 1.29.